The van der Waals surface area contributed by atoms with Crippen molar-refractivity contribution < 1.29 is 14.3 Å². The van der Waals surface area contributed by atoms with Crippen molar-refractivity contribution >= 4 is 5.91 Å². The predicted octanol–water partition coefficient (Wildman–Crippen LogP) is 0.763. The normalized spacial score (nSPS) is 26.7. The van der Waals surface area contributed by atoms with E-state index in [0.29, 0.717) is 38.5 Å². The average molecular weight is 343 g/mol. The highest BCUT2D eigenvalue weighted by Gasteiger charge is 2.44. The molecule has 1 amide bonds. The van der Waals surface area contributed by atoms with Crippen LogP contribution in [0.3, 0.4) is 0 Å². The summed E-state index contributed by atoms with van der Waals surface area (Å²) in [5.41, 5.74) is 0.00310. The molecule has 0 saturated carbocycles. The molecule has 2 aliphatic rings. The second-order valence-corrected chi connectivity index (χ2v) is 6.57. The number of amides is 1. The third kappa shape index (κ3) is 3.54. The topological polar surface area (TPSA) is 82.4 Å². The lowest BCUT2D eigenvalue weighted by Crippen LogP contribution is -2.47. The molecule has 0 unspecified atom stereocenters. The van der Waals surface area contributed by atoms with Gasteiger partial charge in [-0.15, -0.1) is 0 Å². The van der Waals surface area contributed by atoms with E-state index in [4.69, 9.17) is 9.47 Å². The van der Waals surface area contributed by atoms with Crippen LogP contribution in [0.25, 0.3) is 0 Å². The van der Waals surface area contributed by atoms with Gasteiger partial charge in [-0.25, -0.2) is 4.98 Å². The molecule has 0 aromatic carbocycles. The first-order valence-electron chi connectivity index (χ1n) is 8.52. The van der Waals surface area contributed by atoms with Crippen molar-refractivity contribution in [3.8, 4) is 0 Å². The van der Waals surface area contributed by atoms with Crippen molar-refractivity contribution in [2.45, 2.75) is 31.1 Å². The summed E-state index contributed by atoms with van der Waals surface area (Å²) in [6, 6.07) is 5.37. The summed E-state index contributed by atoms with van der Waals surface area (Å²) < 4.78 is 13.9. The van der Waals surface area contributed by atoms with Crippen molar-refractivity contribution in [3.63, 3.8) is 0 Å². The molecule has 4 heterocycles. The second kappa shape index (κ2) is 6.89. The van der Waals surface area contributed by atoms with Gasteiger partial charge in [0.15, 0.2) is 0 Å². The molecule has 2 aromatic heterocycles. The molecule has 0 radical (unpaired) electrons. The molecule has 8 heteroatoms. The number of hydrogen-bond donors (Lipinski definition) is 0. The maximum atomic E-state index is 12.8. The van der Waals surface area contributed by atoms with Gasteiger partial charge in [0.2, 0.25) is 0 Å². The standard InChI is InChI=1S/C17H21N5O3/c23-16(15-3-1-2-6-19-15)21-7-8-24-11-17(10-21)5-4-14(25-17)9-22-13-18-12-20-22/h1-3,6,12-14H,4-5,7-11H2/t14-,17+/m1/s1. The summed E-state index contributed by atoms with van der Waals surface area (Å²) in [7, 11) is 0. The zero-order chi connectivity index (χ0) is 17.1. The van der Waals surface area contributed by atoms with Crippen LogP contribution in [0, 0.1) is 0 Å². The Bertz CT molecular complexity index is 708. The van der Waals surface area contributed by atoms with Crippen LogP contribution in [0.4, 0.5) is 0 Å². The first-order chi connectivity index (χ1) is 12.2. The summed E-state index contributed by atoms with van der Waals surface area (Å²) in [6.45, 7) is 2.75. The molecule has 0 aliphatic carbocycles. The highest BCUT2D eigenvalue weighted by atomic mass is 16.6. The Labute approximate surface area is 145 Å². The summed E-state index contributed by atoms with van der Waals surface area (Å²) in [4.78, 5) is 22.7. The molecule has 2 saturated heterocycles. The number of ether oxygens (including phenoxy) is 2. The van der Waals surface area contributed by atoms with Gasteiger partial charge in [-0.2, -0.15) is 5.10 Å². The summed E-state index contributed by atoms with van der Waals surface area (Å²) in [5, 5.41) is 4.14. The molecule has 4 rings (SSSR count). The quantitative estimate of drug-likeness (QED) is 0.818. The van der Waals surface area contributed by atoms with Gasteiger partial charge in [0.1, 0.15) is 23.9 Å². The van der Waals surface area contributed by atoms with E-state index in [1.165, 1.54) is 6.33 Å². The lowest BCUT2D eigenvalue weighted by atomic mass is 10.00. The molecule has 2 aromatic rings. The largest absolute Gasteiger partial charge is 0.377 e. The van der Waals surface area contributed by atoms with Crippen molar-refractivity contribution in [2.24, 2.45) is 0 Å². The van der Waals surface area contributed by atoms with Crippen LogP contribution >= 0.6 is 0 Å². The average Bonchev–Trinajstić information content (AvgIpc) is 3.23. The lowest BCUT2D eigenvalue weighted by Gasteiger charge is -2.31. The van der Waals surface area contributed by atoms with Gasteiger partial charge in [-0.1, -0.05) is 6.07 Å². The fraction of sp³-hybridized carbons (Fsp3) is 0.529. The minimum Gasteiger partial charge on any atom is -0.377 e. The zero-order valence-electron chi connectivity index (χ0n) is 14.0. The maximum Gasteiger partial charge on any atom is 0.272 e. The Morgan fingerprint density at radius 1 is 1.40 bits per heavy atom. The van der Waals surface area contributed by atoms with Crippen molar-refractivity contribution in [3.05, 3.63) is 42.7 Å². The first-order valence-corrected chi connectivity index (χ1v) is 8.52. The Morgan fingerprint density at radius 2 is 2.36 bits per heavy atom. The smallest absolute Gasteiger partial charge is 0.272 e. The fourth-order valence-corrected chi connectivity index (χ4v) is 3.51. The second-order valence-electron chi connectivity index (χ2n) is 6.57. The highest BCUT2D eigenvalue weighted by Crippen LogP contribution is 2.33. The number of rotatable bonds is 3. The van der Waals surface area contributed by atoms with Gasteiger partial charge >= 0.3 is 0 Å². The van der Waals surface area contributed by atoms with E-state index in [2.05, 4.69) is 15.1 Å². The van der Waals surface area contributed by atoms with E-state index >= 15 is 0 Å². The number of nitrogens with zero attached hydrogens (tertiary/aromatic N) is 5. The number of carbonyl (C=O) groups excluding carboxylic acids is 1. The lowest BCUT2D eigenvalue weighted by molar-refractivity contribution is -0.0881. The molecule has 8 nitrogen and oxygen atoms in total. The van der Waals surface area contributed by atoms with Crippen molar-refractivity contribution in [1.29, 1.82) is 0 Å². The molecule has 0 N–H and O–H groups in total. The molecule has 132 valence electrons. The highest BCUT2D eigenvalue weighted by molar-refractivity contribution is 5.92. The van der Waals surface area contributed by atoms with Gasteiger partial charge in [-0.3, -0.25) is 14.5 Å². The Kier molecular flexibility index (Phi) is 4.46. The van der Waals surface area contributed by atoms with Crippen LogP contribution in [0.2, 0.25) is 0 Å². The number of hydrogen-bond acceptors (Lipinski definition) is 6. The third-order valence-electron chi connectivity index (χ3n) is 4.72. The van der Waals surface area contributed by atoms with Crippen LogP contribution in [0.1, 0.15) is 23.3 Å². The predicted molar refractivity (Wildman–Crippen MR) is 87.8 cm³/mol. The van der Waals surface area contributed by atoms with Gasteiger partial charge in [0.25, 0.3) is 5.91 Å². The summed E-state index contributed by atoms with van der Waals surface area (Å²) >= 11 is 0. The van der Waals surface area contributed by atoms with E-state index in [1.54, 1.807) is 34.2 Å². The minimum atomic E-state index is -0.452. The van der Waals surface area contributed by atoms with Gasteiger partial charge in [0.05, 0.1) is 32.4 Å². The molecular formula is C17H21N5O3. The van der Waals surface area contributed by atoms with Gasteiger partial charge in [-0.05, 0) is 25.0 Å². The maximum absolute atomic E-state index is 12.8. The molecule has 0 bridgehead atoms. The van der Waals surface area contributed by atoms with Crippen LogP contribution < -0.4 is 0 Å². The molecule has 2 fully saturated rings. The van der Waals surface area contributed by atoms with Crippen molar-refractivity contribution in [2.75, 3.05) is 26.3 Å². The Morgan fingerprint density at radius 3 is 3.16 bits per heavy atom. The minimum absolute atomic E-state index is 0.0511. The van der Waals surface area contributed by atoms with Crippen LogP contribution in [0.15, 0.2) is 37.1 Å². The van der Waals surface area contributed by atoms with E-state index < -0.39 is 5.60 Å². The van der Waals surface area contributed by atoms with Gasteiger partial charge < -0.3 is 14.4 Å². The van der Waals surface area contributed by atoms with Crippen LogP contribution in [-0.4, -0.2) is 68.6 Å². The summed E-state index contributed by atoms with van der Waals surface area (Å²) in [6.07, 6.45) is 6.67. The molecular weight excluding hydrogens is 322 g/mol. The molecule has 2 aliphatic heterocycles. The molecule has 1 spiro atoms. The monoisotopic (exact) mass is 343 g/mol. The van der Waals surface area contributed by atoms with Gasteiger partial charge in [0, 0.05) is 12.7 Å². The molecule has 25 heavy (non-hydrogen) atoms. The number of aromatic nitrogens is 4. The van der Waals surface area contributed by atoms with Crippen molar-refractivity contribution in [1.82, 2.24) is 24.6 Å². The van der Waals surface area contributed by atoms with E-state index in [-0.39, 0.29) is 12.0 Å². The van der Waals surface area contributed by atoms with E-state index in [1.807, 2.05) is 6.07 Å². The third-order valence-corrected chi connectivity index (χ3v) is 4.72. The van der Waals surface area contributed by atoms with Crippen LogP contribution in [-0.2, 0) is 16.0 Å². The van der Waals surface area contributed by atoms with E-state index in [9.17, 15) is 4.79 Å². The number of carbonyl (C=O) groups is 1. The summed E-state index contributed by atoms with van der Waals surface area (Å²) in [5.74, 6) is -0.0752. The molecule has 2 atom stereocenters. The Balaban J connectivity index is 1.46. The Hall–Kier alpha value is -2.32. The zero-order valence-corrected chi connectivity index (χ0v) is 14.0. The van der Waals surface area contributed by atoms with E-state index in [0.717, 1.165) is 12.8 Å². The fourth-order valence-electron chi connectivity index (χ4n) is 3.51. The SMILES string of the molecule is O=C(c1ccccn1)N1CCOC[C@]2(CC[C@H](Cn3cncn3)O2)C1. The van der Waals surface area contributed by atoms with Crippen LogP contribution in [0.5, 0.6) is 0 Å². The number of pyridine rings is 1. The first kappa shape index (κ1) is 16.2.